The second-order valence-corrected chi connectivity index (χ2v) is 7.83. The summed E-state index contributed by atoms with van der Waals surface area (Å²) >= 11 is 0. The molecule has 0 radical (unpaired) electrons. The number of hydrogen-bond donors (Lipinski definition) is 0. The highest BCUT2D eigenvalue weighted by Gasteiger charge is 2.43. The number of piperidine rings is 1. The Labute approximate surface area is 157 Å². The molecule has 6 nitrogen and oxygen atoms in total. The Bertz CT molecular complexity index is 797. The number of carbonyl (C=O) groups excluding carboxylic acids is 3. The summed E-state index contributed by atoms with van der Waals surface area (Å²) in [7, 11) is 0. The van der Waals surface area contributed by atoms with E-state index in [1.54, 1.807) is 4.90 Å². The molecule has 144 valence electrons. The monoisotopic (exact) mass is 373 g/mol. The van der Waals surface area contributed by atoms with Crippen LogP contribution in [0.5, 0.6) is 0 Å². The van der Waals surface area contributed by atoms with E-state index in [0.717, 1.165) is 19.3 Å². The second-order valence-electron chi connectivity index (χ2n) is 7.83. The van der Waals surface area contributed by atoms with E-state index in [1.807, 2.05) is 0 Å². The quantitative estimate of drug-likeness (QED) is 0.797. The first kappa shape index (κ1) is 17.9. The van der Waals surface area contributed by atoms with Crippen molar-refractivity contribution in [2.75, 3.05) is 31.1 Å². The molecular formula is C20H24FN3O3. The molecule has 3 aliphatic heterocycles. The normalized spacial score (nSPS) is 25.3. The summed E-state index contributed by atoms with van der Waals surface area (Å²) in [6, 6.07) is 3.28. The van der Waals surface area contributed by atoms with Crippen molar-refractivity contribution in [3.8, 4) is 0 Å². The molecule has 0 bridgehead atoms. The molecule has 0 N–H and O–H groups in total. The Morgan fingerprint density at radius 1 is 1.19 bits per heavy atom. The molecule has 4 rings (SSSR count). The Kier molecular flexibility index (Phi) is 4.61. The lowest BCUT2D eigenvalue weighted by atomic mass is 10.0. The molecule has 0 aromatic heterocycles. The van der Waals surface area contributed by atoms with Crippen molar-refractivity contribution < 1.29 is 18.8 Å². The summed E-state index contributed by atoms with van der Waals surface area (Å²) < 4.78 is 13.8. The summed E-state index contributed by atoms with van der Waals surface area (Å²) in [5.41, 5.74) is 0.492. The van der Waals surface area contributed by atoms with Crippen molar-refractivity contribution in [2.45, 2.75) is 38.6 Å². The third kappa shape index (κ3) is 3.19. The molecule has 0 saturated carbocycles. The van der Waals surface area contributed by atoms with Crippen LogP contribution in [0.3, 0.4) is 0 Å². The van der Waals surface area contributed by atoms with Crippen molar-refractivity contribution >= 4 is 23.4 Å². The van der Waals surface area contributed by atoms with Crippen LogP contribution < -0.4 is 4.90 Å². The highest BCUT2D eigenvalue weighted by Crippen LogP contribution is 2.33. The van der Waals surface area contributed by atoms with Gasteiger partial charge in [0.1, 0.15) is 18.4 Å². The third-order valence-electron chi connectivity index (χ3n) is 5.85. The lowest BCUT2D eigenvalue weighted by molar-refractivity contribution is -0.133. The van der Waals surface area contributed by atoms with Crippen LogP contribution in [0.15, 0.2) is 18.2 Å². The van der Waals surface area contributed by atoms with Gasteiger partial charge in [0.15, 0.2) is 0 Å². The van der Waals surface area contributed by atoms with Gasteiger partial charge in [0, 0.05) is 19.6 Å². The Morgan fingerprint density at radius 2 is 1.96 bits per heavy atom. The van der Waals surface area contributed by atoms with Crippen LogP contribution in [0.2, 0.25) is 0 Å². The number of likely N-dealkylation sites (tertiary alicyclic amines) is 1. The summed E-state index contributed by atoms with van der Waals surface area (Å²) in [6.45, 7) is 3.86. The van der Waals surface area contributed by atoms with E-state index in [4.69, 9.17) is 0 Å². The number of rotatable bonds is 2. The molecule has 3 aliphatic rings. The first-order valence-corrected chi connectivity index (χ1v) is 9.65. The second kappa shape index (κ2) is 6.94. The molecule has 0 aliphatic carbocycles. The lowest BCUT2D eigenvalue weighted by Gasteiger charge is -2.33. The Balaban J connectivity index is 1.67. The minimum Gasteiger partial charge on any atom is -0.341 e. The van der Waals surface area contributed by atoms with Gasteiger partial charge in [0.2, 0.25) is 11.8 Å². The van der Waals surface area contributed by atoms with Crippen LogP contribution in [0.4, 0.5) is 10.1 Å². The van der Waals surface area contributed by atoms with E-state index < -0.39 is 11.9 Å². The van der Waals surface area contributed by atoms with Gasteiger partial charge in [-0.1, -0.05) is 6.92 Å². The SMILES string of the molecule is C[C@@H]1CCCN(C(=O)CN2C(=O)[C@H]3CCCN3C(=O)c3cc(F)ccc32)C1. The molecule has 1 aromatic rings. The number of hydrogen-bond acceptors (Lipinski definition) is 3. The van der Waals surface area contributed by atoms with Gasteiger partial charge in [-0.15, -0.1) is 0 Å². The van der Waals surface area contributed by atoms with Gasteiger partial charge in [-0.2, -0.15) is 0 Å². The zero-order valence-electron chi connectivity index (χ0n) is 15.5. The minimum absolute atomic E-state index is 0.109. The molecule has 2 saturated heterocycles. The van der Waals surface area contributed by atoms with E-state index in [0.29, 0.717) is 37.7 Å². The zero-order chi connectivity index (χ0) is 19.1. The van der Waals surface area contributed by atoms with E-state index >= 15 is 0 Å². The number of nitrogens with zero attached hydrogens (tertiary/aromatic N) is 3. The number of carbonyl (C=O) groups is 3. The molecular weight excluding hydrogens is 349 g/mol. The van der Waals surface area contributed by atoms with E-state index in [1.165, 1.54) is 28.0 Å². The van der Waals surface area contributed by atoms with Crippen LogP contribution in [-0.2, 0) is 9.59 Å². The molecule has 3 amide bonds. The highest BCUT2D eigenvalue weighted by atomic mass is 19.1. The van der Waals surface area contributed by atoms with Crippen LogP contribution in [0, 0.1) is 11.7 Å². The summed E-state index contributed by atoms with van der Waals surface area (Å²) in [5.74, 6) is -0.783. The maximum absolute atomic E-state index is 13.8. The fraction of sp³-hybridized carbons (Fsp3) is 0.550. The summed E-state index contributed by atoms with van der Waals surface area (Å²) in [6.07, 6.45) is 3.36. The zero-order valence-corrected chi connectivity index (χ0v) is 15.5. The fourth-order valence-corrected chi connectivity index (χ4v) is 4.45. The first-order chi connectivity index (χ1) is 13.0. The molecule has 3 heterocycles. The predicted molar refractivity (Wildman–Crippen MR) is 97.8 cm³/mol. The lowest BCUT2D eigenvalue weighted by Crippen LogP contribution is -2.50. The number of halogens is 1. The molecule has 2 fully saturated rings. The molecule has 27 heavy (non-hydrogen) atoms. The predicted octanol–water partition coefficient (Wildman–Crippen LogP) is 2.04. The summed E-state index contributed by atoms with van der Waals surface area (Å²) in [4.78, 5) is 43.6. The average molecular weight is 373 g/mol. The number of amides is 3. The smallest absolute Gasteiger partial charge is 0.256 e. The van der Waals surface area contributed by atoms with Crippen LogP contribution in [-0.4, -0.2) is 59.7 Å². The van der Waals surface area contributed by atoms with Gasteiger partial charge in [-0.3, -0.25) is 14.4 Å². The summed E-state index contributed by atoms with van der Waals surface area (Å²) in [5, 5.41) is 0. The van der Waals surface area contributed by atoms with Gasteiger partial charge < -0.3 is 14.7 Å². The van der Waals surface area contributed by atoms with Gasteiger partial charge in [0.25, 0.3) is 5.91 Å². The Hall–Kier alpha value is -2.44. The van der Waals surface area contributed by atoms with E-state index in [2.05, 4.69) is 6.92 Å². The Morgan fingerprint density at radius 3 is 2.74 bits per heavy atom. The van der Waals surface area contributed by atoms with E-state index in [9.17, 15) is 18.8 Å². The topological polar surface area (TPSA) is 60.9 Å². The van der Waals surface area contributed by atoms with E-state index in [-0.39, 0.29) is 29.8 Å². The van der Waals surface area contributed by atoms with Crippen molar-refractivity contribution in [3.05, 3.63) is 29.6 Å². The molecule has 0 unspecified atom stereocenters. The van der Waals surface area contributed by atoms with Crippen molar-refractivity contribution in [3.63, 3.8) is 0 Å². The van der Waals surface area contributed by atoms with Crippen molar-refractivity contribution in [1.29, 1.82) is 0 Å². The molecule has 7 heteroatoms. The maximum Gasteiger partial charge on any atom is 0.256 e. The highest BCUT2D eigenvalue weighted by molar-refractivity contribution is 6.12. The minimum atomic E-state index is -0.568. The van der Waals surface area contributed by atoms with Crippen LogP contribution in [0.25, 0.3) is 0 Å². The van der Waals surface area contributed by atoms with Gasteiger partial charge in [-0.05, 0) is 49.8 Å². The van der Waals surface area contributed by atoms with Gasteiger partial charge in [-0.25, -0.2) is 4.39 Å². The molecule has 0 spiro atoms. The van der Waals surface area contributed by atoms with Crippen molar-refractivity contribution in [1.82, 2.24) is 9.80 Å². The van der Waals surface area contributed by atoms with Gasteiger partial charge in [0.05, 0.1) is 11.3 Å². The molecule has 2 atom stereocenters. The maximum atomic E-state index is 13.8. The standard InChI is InChI=1S/C20H24FN3O3/c1-13-4-2-8-22(11-13)18(25)12-24-16-7-6-14(21)10-15(16)19(26)23-9-3-5-17(23)20(24)27/h6-7,10,13,17H,2-5,8-9,11-12H2,1H3/t13-,17-/m1/s1. The average Bonchev–Trinajstić information content (AvgIpc) is 3.12. The first-order valence-electron chi connectivity index (χ1n) is 9.65. The van der Waals surface area contributed by atoms with Crippen molar-refractivity contribution in [2.24, 2.45) is 5.92 Å². The van der Waals surface area contributed by atoms with Crippen LogP contribution in [0.1, 0.15) is 43.0 Å². The fourth-order valence-electron chi connectivity index (χ4n) is 4.45. The largest absolute Gasteiger partial charge is 0.341 e. The van der Waals surface area contributed by atoms with Crippen LogP contribution >= 0.6 is 0 Å². The third-order valence-corrected chi connectivity index (χ3v) is 5.85. The number of fused-ring (bicyclic) bond motifs is 2. The van der Waals surface area contributed by atoms with Gasteiger partial charge >= 0.3 is 0 Å². The number of anilines is 1. The number of benzene rings is 1. The molecule has 1 aromatic carbocycles.